The Balaban J connectivity index is 1.35. The van der Waals surface area contributed by atoms with Crippen molar-refractivity contribution in [2.45, 2.75) is 32.7 Å². The van der Waals surface area contributed by atoms with Crippen LogP contribution in [0.3, 0.4) is 0 Å². The van der Waals surface area contributed by atoms with Gasteiger partial charge < -0.3 is 10.2 Å². The Labute approximate surface area is 200 Å². The number of benzene rings is 1. The first-order chi connectivity index (χ1) is 15.9. The van der Waals surface area contributed by atoms with Crippen LogP contribution in [-0.4, -0.2) is 50.7 Å². The molecule has 170 valence electrons. The molecule has 0 unspecified atom stereocenters. The maximum absolute atomic E-state index is 13.5. The Hall–Kier alpha value is -3.04. The van der Waals surface area contributed by atoms with E-state index in [4.69, 9.17) is 0 Å². The maximum Gasteiger partial charge on any atom is 0.274 e. The first kappa shape index (κ1) is 21.8. The summed E-state index contributed by atoms with van der Waals surface area (Å²) >= 11 is 3.03. The van der Waals surface area contributed by atoms with E-state index in [0.29, 0.717) is 29.5 Å². The largest absolute Gasteiger partial charge is 0.349 e. The molecule has 9 heteroatoms. The lowest BCUT2D eigenvalue weighted by Crippen LogP contribution is -2.46. The number of thiazole rings is 2. The fourth-order valence-electron chi connectivity index (χ4n) is 4.22. The molecule has 0 aliphatic heterocycles. The summed E-state index contributed by atoms with van der Waals surface area (Å²) in [7, 11) is 1.82. The van der Waals surface area contributed by atoms with Crippen molar-refractivity contribution >= 4 is 39.4 Å². The smallest absolute Gasteiger partial charge is 0.274 e. The van der Waals surface area contributed by atoms with Gasteiger partial charge in [-0.25, -0.2) is 9.97 Å². The molecule has 33 heavy (non-hydrogen) atoms. The van der Waals surface area contributed by atoms with E-state index in [9.17, 15) is 9.59 Å². The van der Waals surface area contributed by atoms with Crippen molar-refractivity contribution in [1.29, 1.82) is 0 Å². The summed E-state index contributed by atoms with van der Waals surface area (Å²) in [6, 6.07) is 9.81. The predicted molar refractivity (Wildman–Crippen MR) is 131 cm³/mol. The van der Waals surface area contributed by atoms with E-state index in [1.807, 2.05) is 67.2 Å². The topological polar surface area (TPSA) is 79.6 Å². The molecule has 3 aromatic heterocycles. The zero-order valence-corrected chi connectivity index (χ0v) is 20.4. The first-order valence-electron chi connectivity index (χ1n) is 10.9. The molecule has 2 amide bonds. The highest BCUT2D eigenvalue weighted by Gasteiger charge is 2.37. The molecule has 1 fully saturated rings. The summed E-state index contributed by atoms with van der Waals surface area (Å²) in [5, 5.41) is 5.84. The molecule has 0 radical (unpaired) electrons. The van der Waals surface area contributed by atoms with Gasteiger partial charge in [-0.05, 0) is 38.2 Å². The van der Waals surface area contributed by atoms with Crippen molar-refractivity contribution in [2.75, 3.05) is 13.6 Å². The van der Waals surface area contributed by atoms with Crippen molar-refractivity contribution in [3.8, 4) is 10.4 Å². The fourth-order valence-corrected chi connectivity index (χ4v) is 5.90. The molecule has 0 spiro atoms. The van der Waals surface area contributed by atoms with Gasteiger partial charge in [-0.3, -0.25) is 14.0 Å². The summed E-state index contributed by atoms with van der Waals surface area (Å²) in [5.74, 6) is 0.108. The minimum absolute atomic E-state index is 0.0849. The van der Waals surface area contributed by atoms with Crippen LogP contribution in [0.25, 0.3) is 15.4 Å². The molecule has 1 atom stereocenters. The summed E-state index contributed by atoms with van der Waals surface area (Å²) in [6.07, 6.45) is 3.97. The monoisotopic (exact) mass is 479 g/mol. The third-order valence-corrected chi connectivity index (χ3v) is 7.86. The normalized spacial score (nSPS) is 14.4. The maximum atomic E-state index is 13.5. The second kappa shape index (κ2) is 8.72. The van der Waals surface area contributed by atoms with Gasteiger partial charge in [0.1, 0.15) is 11.4 Å². The number of aromatic nitrogens is 3. The quantitative estimate of drug-likeness (QED) is 0.426. The number of hydrogen-bond acceptors (Lipinski definition) is 6. The van der Waals surface area contributed by atoms with Gasteiger partial charge in [-0.15, -0.1) is 22.7 Å². The van der Waals surface area contributed by atoms with E-state index in [2.05, 4.69) is 15.3 Å². The second-order valence-electron chi connectivity index (χ2n) is 8.41. The minimum Gasteiger partial charge on any atom is -0.349 e. The van der Waals surface area contributed by atoms with Crippen LogP contribution in [-0.2, 0) is 0 Å². The highest BCUT2D eigenvalue weighted by Crippen LogP contribution is 2.37. The van der Waals surface area contributed by atoms with Crippen LogP contribution in [0.1, 0.15) is 44.5 Å². The number of imidazole rings is 1. The highest BCUT2D eigenvalue weighted by molar-refractivity contribution is 7.15. The van der Waals surface area contributed by atoms with Crippen molar-refractivity contribution < 1.29 is 9.59 Å². The molecule has 1 aromatic carbocycles. The van der Waals surface area contributed by atoms with Crippen molar-refractivity contribution in [1.82, 2.24) is 24.6 Å². The number of carbonyl (C=O) groups excluding carboxylic acids is 2. The average Bonchev–Trinajstić information content (AvgIpc) is 3.28. The Kier molecular flexibility index (Phi) is 5.76. The van der Waals surface area contributed by atoms with Crippen LogP contribution >= 0.6 is 22.7 Å². The molecule has 3 heterocycles. The summed E-state index contributed by atoms with van der Waals surface area (Å²) in [4.78, 5) is 39.0. The van der Waals surface area contributed by atoms with E-state index in [1.54, 1.807) is 4.90 Å². The number of carbonyl (C=O) groups is 2. The van der Waals surface area contributed by atoms with Crippen molar-refractivity contribution in [2.24, 2.45) is 5.92 Å². The molecule has 7 nitrogen and oxygen atoms in total. The van der Waals surface area contributed by atoms with E-state index >= 15 is 0 Å². The highest BCUT2D eigenvalue weighted by atomic mass is 32.1. The van der Waals surface area contributed by atoms with Gasteiger partial charge in [0, 0.05) is 25.2 Å². The number of aryl methyl sites for hydroxylation is 2. The number of likely N-dealkylation sites (N-methyl/N-ethyl adjacent to an activating group) is 1. The molecular formula is C24H25N5O2S2. The Bertz CT molecular complexity index is 1320. The lowest BCUT2D eigenvalue weighted by Gasteiger charge is -2.28. The van der Waals surface area contributed by atoms with Crippen LogP contribution in [0.2, 0.25) is 0 Å². The van der Waals surface area contributed by atoms with Gasteiger partial charge in [0.15, 0.2) is 4.96 Å². The number of rotatable bonds is 7. The predicted octanol–water partition coefficient (Wildman–Crippen LogP) is 4.42. The van der Waals surface area contributed by atoms with Gasteiger partial charge in [-0.1, -0.05) is 30.3 Å². The molecular weight excluding hydrogens is 454 g/mol. The van der Waals surface area contributed by atoms with Gasteiger partial charge >= 0.3 is 0 Å². The van der Waals surface area contributed by atoms with Gasteiger partial charge in [0.2, 0.25) is 0 Å². The van der Waals surface area contributed by atoms with Gasteiger partial charge in [0.05, 0.1) is 21.6 Å². The Morgan fingerprint density at radius 1 is 1.21 bits per heavy atom. The zero-order chi connectivity index (χ0) is 23.1. The van der Waals surface area contributed by atoms with E-state index in [0.717, 1.165) is 33.3 Å². The number of nitrogens with zero attached hydrogens (tertiary/aromatic N) is 4. The van der Waals surface area contributed by atoms with Crippen molar-refractivity contribution in [3.05, 3.63) is 64.0 Å². The summed E-state index contributed by atoms with van der Waals surface area (Å²) in [6.45, 7) is 4.16. The van der Waals surface area contributed by atoms with E-state index < -0.39 is 0 Å². The number of fused-ring (bicyclic) bond motifs is 1. The third kappa shape index (κ3) is 4.18. The standard InChI is InChI=1S/C24H25N5O2S2/c1-14-20(29-11-12-32-24(29)26-14)22(30)25-13-18(16-9-10-16)28(3)23(31)19-21(33-15(2)27-19)17-7-5-4-6-8-17/h4-8,11-12,16,18H,9-10,13H2,1-3H3,(H,25,30)/t18-/m0/s1. The molecule has 0 saturated heterocycles. The third-order valence-electron chi connectivity index (χ3n) is 6.08. The number of nitrogens with one attached hydrogen (secondary N) is 1. The van der Waals surface area contributed by atoms with Crippen LogP contribution in [0, 0.1) is 19.8 Å². The second-order valence-corrected chi connectivity index (χ2v) is 10.5. The Morgan fingerprint density at radius 2 is 1.97 bits per heavy atom. The first-order valence-corrected chi connectivity index (χ1v) is 12.6. The summed E-state index contributed by atoms with van der Waals surface area (Å²) in [5.41, 5.74) is 2.73. The lowest BCUT2D eigenvalue weighted by atomic mass is 10.1. The molecule has 0 bridgehead atoms. The van der Waals surface area contributed by atoms with E-state index in [-0.39, 0.29) is 17.9 Å². The molecule has 1 N–H and O–H groups in total. The summed E-state index contributed by atoms with van der Waals surface area (Å²) < 4.78 is 1.82. The molecule has 4 aromatic rings. The Morgan fingerprint density at radius 3 is 2.70 bits per heavy atom. The van der Waals surface area contributed by atoms with Gasteiger partial charge in [-0.2, -0.15) is 0 Å². The molecule has 1 saturated carbocycles. The average molecular weight is 480 g/mol. The molecule has 1 aliphatic rings. The van der Waals surface area contributed by atoms with Crippen molar-refractivity contribution in [3.63, 3.8) is 0 Å². The lowest BCUT2D eigenvalue weighted by molar-refractivity contribution is 0.0694. The van der Waals surface area contributed by atoms with E-state index in [1.165, 1.54) is 22.7 Å². The van der Waals surface area contributed by atoms with Gasteiger partial charge in [0.25, 0.3) is 11.8 Å². The molecule has 5 rings (SSSR count). The van der Waals surface area contributed by atoms with Crippen LogP contribution < -0.4 is 5.32 Å². The van der Waals surface area contributed by atoms with Crippen LogP contribution in [0.15, 0.2) is 41.9 Å². The van der Waals surface area contributed by atoms with Crippen LogP contribution in [0.5, 0.6) is 0 Å². The zero-order valence-electron chi connectivity index (χ0n) is 18.7. The molecule has 1 aliphatic carbocycles. The minimum atomic E-state index is -0.167. The SMILES string of the molecule is Cc1nc(C(=O)N(C)[C@@H](CNC(=O)c2c(C)nc3sccn23)C2CC2)c(-c2ccccc2)s1. The number of hydrogen-bond donors (Lipinski definition) is 1. The number of amides is 2. The fraction of sp³-hybridized carbons (Fsp3) is 0.333. The van der Waals surface area contributed by atoms with Crippen LogP contribution in [0.4, 0.5) is 0 Å².